The Balaban J connectivity index is 0.00000112. The Kier molecular flexibility index (Phi) is 5.51. The molecule has 0 aliphatic rings. The molecule has 5 heteroatoms. The van der Waals surface area contributed by atoms with Gasteiger partial charge in [0, 0.05) is 18.1 Å². The first-order chi connectivity index (χ1) is 6.74. The van der Waals surface area contributed by atoms with Gasteiger partial charge >= 0.3 is 0 Å². The first-order valence-corrected chi connectivity index (χ1v) is 4.56. The van der Waals surface area contributed by atoms with Crippen molar-refractivity contribution < 1.29 is 0 Å². The Morgan fingerprint density at radius 3 is 2.44 bits per heavy atom. The summed E-state index contributed by atoms with van der Waals surface area (Å²) in [6.07, 6.45) is 1.72. The van der Waals surface area contributed by atoms with Crippen molar-refractivity contribution in [1.29, 1.82) is 0 Å². The average Bonchev–Trinajstić information content (AvgIpc) is 2.18. The van der Waals surface area contributed by atoms with E-state index in [4.69, 9.17) is 11.5 Å². The highest BCUT2D eigenvalue weighted by Crippen LogP contribution is 2.24. The fourth-order valence-electron chi connectivity index (χ4n) is 1.72. The second kappa shape index (κ2) is 5.89. The van der Waals surface area contributed by atoms with Gasteiger partial charge in [-0.2, -0.15) is 0 Å². The molecule has 0 unspecified atom stereocenters. The third kappa shape index (κ3) is 2.38. The summed E-state index contributed by atoms with van der Waals surface area (Å²) in [4.78, 5) is 4.05. The number of nitrogen functional groups attached to an aromatic ring is 1. The van der Waals surface area contributed by atoms with Crippen molar-refractivity contribution in [2.45, 2.75) is 13.5 Å². The number of aromatic nitrogens is 1. The number of pyridine rings is 1. The number of anilines is 1. The maximum Gasteiger partial charge on any atom is 0.131 e. The van der Waals surface area contributed by atoms with Crippen molar-refractivity contribution in [2.75, 3.05) is 5.73 Å². The van der Waals surface area contributed by atoms with Crippen LogP contribution in [0.25, 0.3) is 10.8 Å². The van der Waals surface area contributed by atoms with Gasteiger partial charge in [0.05, 0.1) is 0 Å². The number of fused-ring (bicyclic) bond motifs is 1. The van der Waals surface area contributed by atoms with Crippen LogP contribution in [0.15, 0.2) is 24.4 Å². The highest BCUT2D eigenvalue weighted by molar-refractivity contribution is 5.93. The van der Waals surface area contributed by atoms with Crippen molar-refractivity contribution in [3.8, 4) is 0 Å². The third-order valence-electron chi connectivity index (χ3n) is 2.53. The quantitative estimate of drug-likeness (QED) is 0.827. The Labute approximate surface area is 107 Å². The molecule has 0 radical (unpaired) electrons. The van der Waals surface area contributed by atoms with Crippen LogP contribution >= 0.6 is 24.8 Å². The number of hydrogen-bond acceptors (Lipinski definition) is 3. The first kappa shape index (κ1) is 15.0. The van der Waals surface area contributed by atoms with E-state index in [0.29, 0.717) is 12.4 Å². The molecule has 0 aliphatic carbocycles. The second-order valence-corrected chi connectivity index (χ2v) is 3.36. The predicted molar refractivity (Wildman–Crippen MR) is 73.3 cm³/mol. The van der Waals surface area contributed by atoms with Gasteiger partial charge in [-0.3, -0.25) is 0 Å². The minimum Gasteiger partial charge on any atom is -0.383 e. The maximum absolute atomic E-state index is 5.78. The summed E-state index contributed by atoms with van der Waals surface area (Å²) in [5.41, 5.74) is 13.8. The molecule has 88 valence electrons. The lowest BCUT2D eigenvalue weighted by Gasteiger charge is -2.08. The van der Waals surface area contributed by atoms with E-state index in [1.807, 2.05) is 18.2 Å². The van der Waals surface area contributed by atoms with Gasteiger partial charge in [-0.05, 0) is 29.5 Å². The summed E-state index contributed by atoms with van der Waals surface area (Å²) in [5, 5.41) is 2.10. The molecule has 0 fully saturated rings. The number of nitrogens with zero attached hydrogens (tertiary/aromatic N) is 1. The highest BCUT2D eigenvalue weighted by Gasteiger charge is 2.04. The molecule has 1 aromatic carbocycles. The van der Waals surface area contributed by atoms with Crippen LogP contribution in [0.3, 0.4) is 0 Å². The maximum atomic E-state index is 5.78. The third-order valence-corrected chi connectivity index (χ3v) is 2.53. The van der Waals surface area contributed by atoms with Crippen molar-refractivity contribution in [1.82, 2.24) is 4.98 Å². The van der Waals surface area contributed by atoms with Gasteiger partial charge in [0.1, 0.15) is 5.82 Å². The van der Waals surface area contributed by atoms with Gasteiger partial charge in [0.2, 0.25) is 0 Å². The zero-order valence-corrected chi connectivity index (χ0v) is 10.6. The molecule has 0 aliphatic heterocycles. The number of benzene rings is 1. The van der Waals surface area contributed by atoms with Crippen LogP contribution < -0.4 is 11.5 Å². The van der Waals surface area contributed by atoms with E-state index >= 15 is 0 Å². The van der Waals surface area contributed by atoms with Crippen LogP contribution in [-0.4, -0.2) is 4.98 Å². The van der Waals surface area contributed by atoms with E-state index in [-0.39, 0.29) is 24.8 Å². The van der Waals surface area contributed by atoms with Crippen molar-refractivity contribution in [3.05, 3.63) is 35.5 Å². The van der Waals surface area contributed by atoms with Gasteiger partial charge in [-0.1, -0.05) is 12.1 Å². The smallest absolute Gasteiger partial charge is 0.131 e. The van der Waals surface area contributed by atoms with Crippen LogP contribution in [0.4, 0.5) is 5.82 Å². The Morgan fingerprint density at radius 1 is 1.12 bits per heavy atom. The molecule has 0 atom stereocenters. The molecule has 4 N–H and O–H groups in total. The lowest BCUT2D eigenvalue weighted by molar-refractivity contribution is 1.06. The van der Waals surface area contributed by atoms with E-state index in [0.717, 1.165) is 16.3 Å². The SMILES string of the molecule is Cc1ccc2c(N)nccc2c1CN.Cl.Cl. The first-order valence-electron chi connectivity index (χ1n) is 4.56. The Bertz CT molecular complexity index is 486. The van der Waals surface area contributed by atoms with Crippen LogP contribution in [0.5, 0.6) is 0 Å². The van der Waals surface area contributed by atoms with Crippen molar-refractivity contribution in [3.63, 3.8) is 0 Å². The summed E-state index contributed by atoms with van der Waals surface area (Å²) >= 11 is 0. The molecule has 0 spiro atoms. The normalized spacial score (nSPS) is 9.38. The summed E-state index contributed by atoms with van der Waals surface area (Å²) in [6.45, 7) is 2.59. The van der Waals surface area contributed by atoms with Gasteiger partial charge in [0.15, 0.2) is 0 Å². The lowest BCUT2D eigenvalue weighted by Crippen LogP contribution is -2.01. The van der Waals surface area contributed by atoms with Crippen LogP contribution in [0.1, 0.15) is 11.1 Å². The Hall–Kier alpha value is -1.03. The number of nitrogens with two attached hydrogens (primary N) is 2. The molecule has 0 saturated carbocycles. The lowest BCUT2D eigenvalue weighted by atomic mass is 10.0. The molecule has 1 aromatic heterocycles. The predicted octanol–water partition coefficient (Wildman–Crippen LogP) is 2.43. The van der Waals surface area contributed by atoms with Crippen molar-refractivity contribution in [2.24, 2.45) is 5.73 Å². The van der Waals surface area contributed by atoms with Gasteiger partial charge in [-0.15, -0.1) is 24.8 Å². The minimum absolute atomic E-state index is 0. The summed E-state index contributed by atoms with van der Waals surface area (Å²) in [6, 6.07) is 5.98. The summed E-state index contributed by atoms with van der Waals surface area (Å²) in [7, 11) is 0. The molecular weight excluding hydrogens is 245 g/mol. The van der Waals surface area contributed by atoms with E-state index in [1.165, 1.54) is 5.56 Å². The summed E-state index contributed by atoms with van der Waals surface area (Å²) < 4.78 is 0. The van der Waals surface area contributed by atoms with E-state index < -0.39 is 0 Å². The zero-order valence-electron chi connectivity index (χ0n) is 8.93. The summed E-state index contributed by atoms with van der Waals surface area (Å²) in [5.74, 6) is 0.567. The standard InChI is InChI=1S/C11H13N3.2ClH/c1-7-2-3-9-8(10(7)6-12)4-5-14-11(9)13;;/h2-5H,6,12H2,1H3,(H2,13,14);2*1H. The average molecular weight is 260 g/mol. The largest absolute Gasteiger partial charge is 0.383 e. The molecular formula is C11H15Cl2N3. The zero-order chi connectivity index (χ0) is 10.1. The molecule has 1 heterocycles. The molecule has 0 amide bonds. The van der Waals surface area contributed by atoms with E-state index in [2.05, 4.69) is 11.9 Å². The number of hydrogen-bond donors (Lipinski definition) is 2. The van der Waals surface area contributed by atoms with Gasteiger partial charge in [-0.25, -0.2) is 4.98 Å². The minimum atomic E-state index is 0. The highest BCUT2D eigenvalue weighted by atomic mass is 35.5. The molecule has 2 aromatic rings. The van der Waals surface area contributed by atoms with E-state index in [9.17, 15) is 0 Å². The van der Waals surface area contributed by atoms with E-state index in [1.54, 1.807) is 6.20 Å². The van der Waals surface area contributed by atoms with Crippen LogP contribution in [0, 0.1) is 6.92 Å². The molecule has 0 saturated heterocycles. The monoisotopic (exact) mass is 259 g/mol. The topological polar surface area (TPSA) is 64.9 Å². The Morgan fingerprint density at radius 2 is 1.81 bits per heavy atom. The van der Waals surface area contributed by atoms with Gasteiger partial charge in [0.25, 0.3) is 0 Å². The van der Waals surface area contributed by atoms with Crippen LogP contribution in [-0.2, 0) is 6.54 Å². The van der Waals surface area contributed by atoms with Crippen LogP contribution in [0.2, 0.25) is 0 Å². The molecule has 16 heavy (non-hydrogen) atoms. The second-order valence-electron chi connectivity index (χ2n) is 3.36. The molecule has 0 bridgehead atoms. The number of aryl methyl sites for hydroxylation is 1. The number of rotatable bonds is 1. The fraction of sp³-hybridized carbons (Fsp3) is 0.182. The number of halogens is 2. The van der Waals surface area contributed by atoms with Crippen molar-refractivity contribution >= 4 is 41.4 Å². The molecule has 2 rings (SSSR count). The fourth-order valence-corrected chi connectivity index (χ4v) is 1.72. The van der Waals surface area contributed by atoms with Gasteiger partial charge < -0.3 is 11.5 Å². The molecule has 3 nitrogen and oxygen atoms in total.